The van der Waals surface area contributed by atoms with Gasteiger partial charge in [0.15, 0.2) is 0 Å². The van der Waals surface area contributed by atoms with E-state index in [2.05, 4.69) is 15.5 Å². The predicted molar refractivity (Wildman–Crippen MR) is 81.9 cm³/mol. The van der Waals surface area contributed by atoms with E-state index >= 15 is 0 Å². The fourth-order valence-corrected chi connectivity index (χ4v) is 4.68. The van der Waals surface area contributed by atoms with Gasteiger partial charge in [0.25, 0.3) is 0 Å². The van der Waals surface area contributed by atoms with Crippen LogP contribution in [-0.4, -0.2) is 76.1 Å². The lowest BCUT2D eigenvalue weighted by molar-refractivity contribution is -0.147. The molecule has 1 saturated heterocycles. The van der Waals surface area contributed by atoms with Crippen molar-refractivity contribution >= 4 is 41.4 Å². The number of nitrogens with zero attached hydrogens (tertiary/aromatic N) is 5. The molecule has 2 atom stereocenters. The highest BCUT2D eigenvalue weighted by Gasteiger charge is 2.51. The molecule has 2 aliphatic heterocycles. The van der Waals surface area contributed by atoms with Gasteiger partial charge in [-0.15, -0.1) is 16.9 Å². The molecule has 3 heterocycles. The molecule has 0 unspecified atom stereocenters. The Labute approximate surface area is 143 Å². The summed E-state index contributed by atoms with van der Waals surface area (Å²) in [5.41, 5.74) is 6.16. The molecule has 1 aromatic heterocycles. The number of thioether (sulfide) groups is 2. The number of hydrogen-bond donors (Lipinski definition) is 3. The van der Waals surface area contributed by atoms with E-state index in [0.717, 1.165) is 16.4 Å². The number of β-lactam (4-membered cyclic amide) rings is 1. The van der Waals surface area contributed by atoms with Gasteiger partial charge in [-0.2, -0.15) is 0 Å². The van der Waals surface area contributed by atoms with Crippen molar-refractivity contribution in [2.24, 2.45) is 5.73 Å². The van der Waals surface area contributed by atoms with E-state index in [-0.39, 0.29) is 22.0 Å². The van der Waals surface area contributed by atoms with E-state index in [0.29, 0.717) is 11.3 Å². The maximum atomic E-state index is 11.8. The first-order chi connectivity index (χ1) is 11.4. The van der Waals surface area contributed by atoms with Crippen molar-refractivity contribution in [2.75, 3.05) is 11.5 Å². The fraction of sp³-hybridized carbons (Fsp3) is 0.455. The van der Waals surface area contributed by atoms with Crippen molar-refractivity contribution in [1.29, 1.82) is 0 Å². The van der Waals surface area contributed by atoms with Gasteiger partial charge in [-0.1, -0.05) is 11.8 Å². The van der Waals surface area contributed by atoms with Crippen LogP contribution in [0.4, 0.5) is 0 Å². The maximum Gasteiger partial charge on any atom is 0.352 e. The summed E-state index contributed by atoms with van der Waals surface area (Å²) in [4.78, 5) is 35.3. The first-order valence-corrected chi connectivity index (χ1v) is 8.70. The van der Waals surface area contributed by atoms with E-state index in [1.165, 1.54) is 16.7 Å². The van der Waals surface area contributed by atoms with Gasteiger partial charge < -0.3 is 15.9 Å². The Bertz CT molecular complexity index is 749. The molecule has 1 amide bonds. The van der Waals surface area contributed by atoms with Crippen molar-refractivity contribution < 1.29 is 24.6 Å². The third kappa shape index (κ3) is 2.85. The molecule has 0 radical (unpaired) electrons. The van der Waals surface area contributed by atoms with Crippen molar-refractivity contribution in [2.45, 2.75) is 23.1 Å². The Morgan fingerprint density at radius 1 is 1.42 bits per heavy atom. The number of nitrogens with two attached hydrogens (primary N) is 1. The van der Waals surface area contributed by atoms with Gasteiger partial charge in [-0.05, 0) is 16.0 Å². The second-order valence-corrected chi connectivity index (χ2v) is 7.04. The lowest BCUT2D eigenvalue weighted by atomic mass is 10.0. The maximum absolute atomic E-state index is 11.8. The van der Waals surface area contributed by atoms with Crippen molar-refractivity contribution in [3.05, 3.63) is 11.3 Å². The van der Waals surface area contributed by atoms with E-state index in [9.17, 15) is 19.5 Å². The molecule has 1 aromatic rings. The summed E-state index contributed by atoms with van der Waals surface area (Å²) in [5.74, 6) is -2.06. The number of carbonyl (C=O) groups is 3. The lowest BCUT2D eigenvalue weighted by Gasteiger charge is -2.48. The Balaban J connectivity index is 1.78. The Kier molecular flexibility index (Phi) is 4.47. The fourth-order valence-electron chi connectivity index (χ4n) is 2.37. The number of rotatable bonds is 6. The van der Waals surface area contributed by atoms with Gasteiger partial charge in [0.05, 0.1) is 0 Å². The van der Waals surface area contributed by atoms with Crippen LogP contribution in [0.15, 0.2) is 16.4 Å². The van der Waals surface area contributed by atoms with Crippen LogP contribution in [0.2, 0.25) is 0 Å². The Morgan fingerprint density at radius 3 is 2.83 bits per heavy atom. The number of aliphatic carboxylic acids is 2. The minimum absolute atomic E-state index is 0.0600. The molecule has 0 saturated carbocycles. The number of hydrogen-bond acceptors (Lipinski definition) is 9. The molecule has 1 fully saturated rings. The SMILES string of the molecule is N[C@@H]1C(=O)N2C(C(=O)O)=C(CSc3nnnn3CC(=O)O)CS[C@H]12. The summed E-state index contributed by atoms with van der Waals surface area (Å²) < 4.78 is 1.11. The largest absolute Gasteiger partial charge is 0.480 e. The predicted octanol–water partition coefficient (Wildman–Crippen LogP) is -1.57. The zero-order valence-corrected chi connectivity index (χ0v) is 13.7. The second-order valence-electron chi connectivity index (χ2n) is 4.99. The minimum Gasteiger partial charge on any atom is -0.480 e. The molecule has 0 aromatic carbocycles. The average molecular weight is 372 g/mol. The lowest BCUT2D eigenvalue weighted by Crippen LogP contribution is -2.68. The van der Waals surface area contributed by atoms with E-state index in [1.807, 2.05) is 0 Å². The number of carboxylic acid groups (broad SMARTS) is 2. The highest BCUT2D eigenvalue weighted by molar-refractivity contribution is 8.01. The number of amides is 1. The molecule has 0 bridgehead atoms. The highest BCUT2D eigenvalue weighted by Crippen LogP contribution is 2.40. The molecule has 0 spiro atoms. The van der Waals surface area contributed by atoms with Crippen molar-refractivity contribution in [3.63, 3.8) is 0 Å². The molecule has 11 nitrogen and oxygen atoms in total. The van der Waals surface area contributed by atoms with Gasteiger partial charge >= 0.3 is 11.9 Å². The average Bonchev–Trinajstić information content (AvgIpc) is 2.97. The number of tetrazole rings is 1. The first-order valence-electron chi connectivity index (χ1n) is 6.66. The third-order valence-electron chi connectivity index (χ3n) is 3.45. The molecule has 4 N–H and O–H groups in total. The summed E-state index contributed by atoms with van der Waals surface area (Å²) in [6.45, 7) is -0.392. The van der Waals surface area contributed by atoms with Crippen LogP contribution in [-0.2, 0) is 20.9 Å². The molecular formula is C11H12N6O5S2. The summed E-state index contributed by atoms with van der Waals surface area (Å²) in [6.07, 6.45) is 0. The zero-order valence-electron chi connectivity index (χ0n) is 12.0. The van der Waals surface area contributed by atoms with Crippen LogP contribution < -0.4 is 5.73 Å². The van der Waals surface area contributed by atoms with E-state index < -0.39 is 30.4 Å². The quantitative estimate of drug-likeness (QED) is 0.390. The van der Waals surface area contributed by atoms with E-state index in [4.69, 9.17) is 10.8 Å². The number of carboxylic acids is 2. The summed E-state index contributed by atoms with van der Waals surface area (Å²) in [5, 5.41) is 28.8. The molecule has 0 aliphatic carbocycles. The summed E-state index contributed by atoms with van der Waals surface area (Å²) in [7, 11) is 0. The molecule has 128 valence electrons. The molecule has 13 heteroatoms. The van der Waals surface area contributed by atoms with E-state index in [1.54, 1.807) is 0 Å². The molecule has 3 rings (SSSR count). The van der Waals surface area contributed by atoms with Gasteiger partial charge in [0.1, 0.15) is 23.7 Å². The van der Waals surface area contributed by atoms with Crippen molar-refractivity contribution in [1.82, 2.24) is 25.1 Å². The molecular weight excluding hydrogens is 360 g/mol. The van der Waals surface area contributed by atoms with Gasteiger partial charge in [-0.25, -0.2) is 9.48 Å². The van der Waals surface area contributed by atoms with Crippen LogP contribution >= 0.6 is 23.5 Å². The highest BCUT2D eigenvalue weighted by atomic mass is 32.2. The molecule has 2 aliphatic rings. The van der Waals surface area contributed by atoms with Crippen LogP contribution in [0.1, 0.15) is 0 Å². The second kappa shape index (κ2) is 6.41. The summed E-state index contributed by atoms with van der Waals surface area (Å²) in [6, 6.07) is -0.679. The zero-order chi connectivity index (χ0) is 17.4. The third-order valence-corrected chi connectivity index (χ3v) is 5.85. The van der Waals surface area contributed by atoms with Crippen LogP contribution in [0.3, 0.4) is 0 Å². The van der Waals surface area contributed by atoms with Gasteiger partial charge in [0, 0.05) is 11.5 Å². The summed E-state index contributed by atoms with van der Waals surface area (Å²) >= 11 is 2.51. The van der Waals surface area contributed by atoms with Crippen LogP contribution in [0.5, 0.6) is 0 Å². The standard InChI is InChI=1S/C11H12N6O5S2/c12-6-8(20)17-7(10(21)22)4(2-23-9(6)17)3-24-11-13-14-15-16(11)1-5(18)19/h6,9H,1-3,12H2,(H,18,19)(H,21,22)/t6-,9-/m1/s1. The van der Waals surface area contributed by atoms with Gasteiger partial charge in [-0.3, -0.25) is 14.5 Å². The van der Waals surface area contributed by atoms with Crippen LogP contribution in [0, 0.1) is 0 Å². The normalized spacial score (nSPS) is 23.0. The number of aromatic nitrogens is 4. The van der Waals surface area contributed by atoms with Gasteiger partial charge in [0.2, 0.25) is 11.1 Å². The number of fused-ring (bicyclic) bond motifs is 1. The Hall–Kier alpha value is -2.12. The smallest absolute Gasteiger partial charge is 0.352 e. The molecule has 24 heavy (non-hydrogen) atoms. The monoisotopic (exact) mass is 372 g/mol. The van der Waals surface area contributed by atoms with Crippen LogP contribution in [0.25, 0.3) is 0 Å². The van der Waals surface area contributed by atoms with Crippen molar-refractivity contribution in [3.8, 4) is 0 Å². The first kappa shape index (κ1) is 16.7. The topological polar surface area (TPSA) is 165 Å². The Morgan fingerprint density at radius 2 is 2.17 bits per heavy atom. The number of carbonyl (C=O) groups excluding carboxylic acids is 1. The minimum atomic E-state index is -1.19.